The molecule has 0 radical (unpaired) electrons. The third kappa shape index (κ3) is 3.95. The van der Waals surface area contributed by atoms with Crippen molar-refractivity contribution in [2.45, 2.75) is 13.8 Å². The number of urea groups is 1. The molecule has 3 rings (SSSR count). The lowest BCUT2D eigenvalue weighted by molar-refractivity contribution is -0.122. The zero-order chi connectivity index (χ0) is 20.4. The normalized spacial score (nSPS) is 15.8. The first-order chi connectivity index (χ1) is 13.3. The highest BCUT2D eigenvalue weighted by molar-refractivity contribution is 9.10. The molecule has 1 saturated heterocycles. The molecular formula is C20H16BrClN2O4. The summed E-state index contributed by atoms with van der Waals surface area (Å²) in [5.74, 6) is -1.02. The summed E-state index contributed by atoms with van der Waals surface area (Å²) < 4.78 is 6.35. The first-order valence-electron chi connectivity index (χ1n) is 8.41. The van der Waals surface area contributed by atoms with Gasteiger partial charge in [-0.25, -0.2) is 9.69 Å². The smallest absolute Gasteiger partial charge is 0.335 e. The fourth-order valence-corrected chi connectivity index (χ4v) is 3.48. The van der Waals surface area contributed by atoms with Gasteiger partial charge in [-0.3, -0.25) is 14.9 Å². The number of halogens is 2. The van der Waals surface area contributed by atoms with Gasteiger partial charge in [-0.2, -0.15) is 0 Å². The minimum atomic E-state index is -0.798. The van der Waals surface area contributed by atoms with Crippen molar-refractivity contribution in [3.05, 3.63) is 62.6 Å². The summed E-state index contributed by atoms with van der Waals surface area (Å²) in [5.41, 5.74) is 1.37. The van der Waals surface area contributed by atoms with Crippen molar-refractivity contribution in [2.75, 3.05) is 11.5 Å². The van der Waals surface area contributed by atoms with Crippen LogP contribution >= 0.6 is 27.5 Å². The minimum Gasteiger partial charge on any atom is -0.493 e. The summed E-state index contributed by atoms with van der Waals surface area (Å²) in [5, 5.41) is 2.64. The molecule has 144 valence electrons. The van der Waals surface area contributed by atoms with E-state index in [1.807, 2.05) is 6.92 Å². The van der Waals surface area contributed by atoms with Gasteiger partial charge in [0.2, 0.25) is 0 Å². The van der Waals surface area contributed by atoms with Gasteiger partial charge in [-0.1, -0.05) is 27.5 Å². The number of aryl methyl sites for hydroxylation is 1. The topological polar surface area (TPSA) is 75.7 Å². The highest BCUT2D eigenvalue weighted by atomic mass is 79.9. The van der Waals surface area contributed by atoms with Gasteiger partial charge in [0.15, 0.2) is 0 Å². The van der Waals surface area contributed by atoms with Gasteiger partial charge in [0.05, 0.1) is 12.3 Å². The number of hydrogen-bond acceptors (Lipinski definition) is 4. The molecule has 2 aromatic rings. The van der Waals surface area contributed by atoms with Gasteiger partial charge < -0.3 is 4.74 Å². The van der Waals surface area contributed by atoms with Crippen LogP contribution in [0.15, 0.2) is 46.4 Å². The Morgan fingerprint density at radius 1 is 1.18 bits per heavy atom. The van der Waals surface area contributed by atoms with Gasteiger partial charge in [0, 0.05) is 15.1 Å². The van der Waals surface area contributed by atoms with E-state index in [2.05, 4.69) is 21.2 Å². The highest BCUT2D eigenvalue weighted by Gasteiger charge is 2.37. The Labute approximate surface area is 175 Å². The van der Waals surface area contributed by atoms with E-state index in [1.54, 1.807) is 43.3 Å². The summed E-state index contributed by atoms with van der Waals surface area (Å²) in [6.07, 6.45) is 1.38. The number of anilines is 1. The lowest BCUT2D eigenvalue weighted by Gasteiger charge is -2.27. The summed E-state index contributed by atoms with van der Waals surface area (Å²) in [4.78, 5) is 38.7. The Kier molecular flexibility index (Phi) is 5.86. The van der Waals surface area contributed by atoms with Crippen LogP contribution in [-0.2, 0) is 9.59 Å². The molecule has 0 aliphatic carbocycles. The Balaban J connectivity index is 2.08. The summed E-state index contributed by atoms with van der Waals surface area (Å²) in [6, 6.07) is 9.23. The van der Waals surface area contributed by atoms with Crippen LogP contribution in [0, 0.1) is 6.92 Å². The maximum Gasteiger partial charge on any atom is 0.335 e. The van der Waals surface area contributed by atoms with Crippen molar-refractivity contribution >= 4 is 57.1 Å². The molecule has 0 spiro atoms. The monoisotopic (exact) mass is 462 g/mol. The Hall–Kier alpha value is -2.64. The average molecular weight is 464 g/mol. The van der Waals surface area contributed by atoms with Crippen molar-refractivity contribution in [1.29, 1.82) is 0 Å². The largest absolute Gasteiger partial charge is 0.493 e. The maximum atomic E-state index is 13.0. The van der Waals surface area contributed by atoms with E-state index in [1.165, 1.54) is 6.08 Å². The third-order valence-electron chi connectivity index (χ3n) is 4.07. The van der Waals surface area contributed by atoms with Crippen LogP contribution in [0.5, 0.6) is 5.75 Å². The van der Waals surface area contributed by atoms with E-state index in [0.717, 1.165) is 9.37 Å². The number of amides is 4. The van der Waals surface area contributed by atoms with Crippen LogP contribution < -0.4 is 15.0 Å². The lowest BCUT2D eigenvalue weighted by Crippen LogP contribution is -2.54. The van der Waals surface area contributed by atoms with Crippen LogP contribution in [0.3, 0.4) is 0 Å². The number of imide groups is 2. The van der Waals surface area contributed by atoms with Crippen LogP contribution in [0.25, 0.3) is 6.08 Å². The molecule has 0 bridgehead atoms. The van der Waals surface area contributed by atoms with Gasteiger partial charge in [0.25, 0.3) is 11.8 Å². The molecule has 0 saturated carbocycles. The summed E-state index contributed by atoms with van der Waals surface area (Å²) >= 11 is 9.40. The Morgan fingerprint density at radius 2 is 1.93 bits per heavy atom. The van der Waals surface area contributed by atoms with Crippen molar-refractivity contribution in [1.82, 2.24) is 5.32 Å². The molecular weight excluding hydrogens is 448 g/mol. The van der Waals surface area contributed by atoms with Gasteiger partial charge in [0.1, 0.15) is 11.3 Å². The maximum absolute atomic E-state index is 13.0. The number of nitrogens with one attached hydrogen (secondary N) is 1. The number of benzene rings is 2. The molecule has 0 unspecified atom stereocenters. The molecule has 1 aliphatic heterocycles. The standard InChI is InChI=1S/C20H16BrClN2O4/c1-3-28-17-7-5-14(22)9-12(17)10-15-18(25)23-20(27)24(19(15)26)16-6-4-13(21)8-11(16)2/h4-10H,3H2,1-2H3,(H,23,25,27)/b15-10-. The second kappa shape index (κ2) is 8.16. The first-order valence-corrected chi connectivity index (χ1v) is 9.59. The predicted molar refractivity (Wildman–Crippen MR) is 111 cm³/mol. The molecule has 4 amide bonds. The molecule has 1 N–H and O–H groups in total. The Morgan fingerprint density at radius 3 is 2.61 bits per heavy atom. The number of carbonyl (C=O) groups excluding carboxylic acids is 3. The molecule has 28 heavy (non-hydrogen) atoms. The molecule has 1 heterocycles. The fourth-order valence-electron chi connectivity index (χ4n) is 2.82. The van der Waals surface area contributed by atoms with Crippen LogP contribution in [0.2, 0.25) is 5.02 Å². The van der Waals surface area contributed by atoms with Gasteiger partial charge in [-0.15, -0.1) is 0 Å². The van der Waals surface area contributed by atoms with E-state index in [9.17, 15) is 14.4 Å². The van der Waals surface area contributed by atoms with Crippen LogP contribution in [-0.4, -0.2) is 24.5 Å². The number of hydrogen-bond donors (Lipinski definition) is 1. The molecule has 1 aliphatic rings. The summed E-state index contributed by atoms with van der Waals surface area (Å²) in [7, 11) is 0. The zero-order valence-electron chi connectivity index (χ0n) is 15.1. The van der Waals surface area contributed by atoms with E-state index in [-0.39, 0.29) is 5.57 Å². The number of barbiturate groups is 1. The van der Waals surface area contributed by atoms with E-state index in [0.29, 0.717) is 34.2 Å². The molecule has 2 aromatic carbocycles. The molecule has 0 atom stereocenters. The number of nitrogens with zero attached hydrogens (tertiary/aromatic N) is 1. The van der Waals surface area contributed by atoms with E-state index < -0.39 is 17.8 Å². The van der Waals surface area contributed by atoms with Crippen LogP contribution in [0.1, 0.15) is 18.1 Å². The van der Waals surface area contributed by atoms with E-state index in [4.69, 9.17) is 16.3 Å². The number of ether oxygens (including phenoxy) is 1. The zero-order valence-corrected chi connectivity index (χ0v) is 17.4. The second-order valence-electron chi connectivity index (χ2n) is 6.00. The quantitative estimate of drug-likeness (QED) is 0.536. The molecule has 6 nitrogen and oxygen atoms in total. The molecule has 1 fully saturated rings. The lowest BCUT2D eigenvalue weighted by atomic mass is 10.0. The summed E-state index contributed by atoms with van der Waals surface area (Å²) in [6.45, 7) is 3.99. The fraction of sp³-hybridized carbons (Fsp3) is 0.150. The SMILES string of the molecule is CCOc1ccc(Cl)cc1/C=C1/C(=O)NC(=O)N(c2ccc(Br)cc2C)C1=O. The number of rotatable bonds is 4. The predicted octanol–water partition coefficient (Wildman–Crippen LogP) is 4.48. The van der Waals surface area contributed by atoms with Crippen molar-refractivity contribution in [3.63, 3.8) is 0 Å². The average Bonchev–Trinajstić information content (AvgIpc) is 2.62. The van der Waals surface area contributed by atoms with Crippen molar-refractivity contribution < 1.29 is 19.1 Å². The van der Waals surface area contributed by atoms with Crippen molar-refractivity contribution in [2.24, 2.45) is 0 Å². The van der Waals surface area contributed by atoms with Gasteiger partial charge >= 0.3 is 6.03 Å². The van der Waals surface area contributed by atoms with Crippen molar-refractivity contribution in [3.8, 4) is 5.75 Å². The number of carbonyl (C=O) groups is 3. The second-order valence-corrected chi connectivity index (χ2v) is 7.36. The van der Waals surface area contributed by atoms with E-state index >= 15 is 0 Å². The minimum absolute atomic E-state index is 0.190. The first kappa shape index (κ1) is 20.1. The van der Waals surface area contributed by atoms with Crippen LogP contribution in [0.4, 0.5) is 10.5 Å². The molecule has 8 heteroatoms. The third-order valence-corrected chi connectivity index (χ3v) is 4.80. The van der Waals surface area contributed by atoms with Gasteiger partial charge in [-0.05, 0) is 61.9 Å². The highest BCUT2D eigenvalue weighted by Crippen LogP contribution is 2.30. The molecule has 0 aromatic heterocycles. The Bertz CT molecular complexity index is 1020.